The summed E-state index contributed by atoms with van der Waals surface area (Å²) >= 11 is 0. The van der Waals surface area contributed by atoms with Crippen molar-refractivity contribution in [1.82, 2.24) is 10.2 Å². The molecular weight excluding hydrogens is 444 g/mol. The number of anilines is 2. The Hall–Kier alpha value is -2.52. The van der Waals surface area contributed by atoms with E-state index in [-0.39, 0.29) is 23.8 Å². The maximum atomic E-state index is 13.5. The molecule has 33 heavy (non-hydrogen) atoms. The van der Waals surface area contributed by atoms with E-state index < -0.39 is 23.5 Å². The second-order valence-corrected chi connectivity index (χ2v) is 8.64. The van der Waals surface area contributed by atoms with Crippen molar-refractivity contribution in [2.45, 2.75) is 19.3 Å². The molecule has 0 bridgehead atoms. The fourth-order valence-corrected chi connectivity index (χ4v) is 4.40. The number of rotatable bonds is 4. The number of nitrogens with zero attached hydrogens (tertiary/aromatic N) is 2. The van der Waals surface area contributed by atoms with Crippen molar-refractivity contribution in [2.75, 3.05) is 44.2 Å². The third-order valence-electron chi connectivity index (χ3n) is 6.01. The van der Waals surface area contributed by atoms with Gasteiger partial charge in [0.15, 0.2) is 0 Å². The van der Waals surface area contributed by atoms with Crippen LogP contribution in [0.15, 0.2) is 36.4 Å². The van der Waals surface area contributed by atoms with Crippen LogP contribution in [0.2, 0.25) is 0 Å². The summed E-state index contributed by atoms with van der Waals surface area (Å²) in [7, 11) is 0. The van der Waals surface area contributed by atoms with Crippen LogP contribution in [0.25, 0.3) is 12.2 Å². The molecule has 0 spiro atoms. The molecule has 0 saturated carbocycles. The normalized spacial score (nSPS) is 18.0. The Bertz CT molecular complexity index is 954. The van der Waals surface area contributed by atoms with Gasteiger partial charge >= 0.3 is 12.4 Å². The Morgan fingerprint density at radius 2 is 1.27 bits per heavy atom. The zero-order chi connectivity index (χ0) is 23.8. The molecule has 3 nitrogen and oxygen atoms in total. The predicted molar refractivity (Wildman–Crippen MR) is 117 cm³/mol. The molecule has 1 N–H and O–H groups in total. The zero-order valence-corrected chi connectivity index (χ0v) is 18.1. The van der Waals surface area contributed by atoms with E-state index in [4.69, 9.17) is 0 Å². The number of piperazine rings is 1. The Balaban J connectivity index is 1.76. The molecule has 1 atom stereocenters. The molecule has 178 valence electrons. The van der Waals surface area contributed by atoms with Gasteiger partial charge in [0.2, 0.25) is 0 Å². The van der Waals surface area contributed by atoms with Gasteiger partial charge in [0.1, 0.15) is 0 Å². The second kappa shape index (κ2) is 9.02. The van der Waals surface area contributed by atoms with Gasteiger partial charge in [-0.25, -0.2) is 0 Å². The third-order valence-corrected chi connectivity index (χ3v) is 6.01. The van der Waals surface area contributed by atoms with E-state index in [1.807, 2.05) is 6.92 Å². The van der Waals surface area contributed by atoms with Crippen LogP contribution in [-0.4, -0.2) is 44.2 Å². The van der Waals surface area contributed by atoms with Crippen molar-refractivity contribution in [3.05, 3.63) is 58.7 Å². The van der Waals surface area contributed by atoms with Crippen molar-refractivity contribution in [3.63, 3.8) is 0 Å². The average molecular weight is 469 g/mol. The third kappa shape index (κ3) is 5.35. The van der Waals surface area contributed by atoms with Gasteiger partial charge < -0.3 is 15.1 Å². The van der Waals surface area contributed by atoms with E-state index in [0.29, 0.717) is 17.7 Å². The fraction of sp³-hybridized carbons (Fsp3) is 0.417. The highest BCUT2D eigenvalue weighted by molar-refractivity contribution is 5.89. The molecule has 0 radical (unpaired) electrons. The summed E-state index contributed by atoms with van der Waals surface area (Å²) in [5, 5.41) is 3.27. The van der Waals surface area contributed by atoms with Gasteiger partial charge in [-0.05, 0) is 41.3 Å². The summed E-state index contributed by atoms with van der Waals surface area (Å²) in [6.45, 7) is 6.39. The van der Waals surface area contributed by atoms with Gasteiger partial charge in [-0.3, -0.25) is 0 Å². The minimum Gasteiger partial charge on any atom is -0.340 e. The van der Waals surface area contributed by atoms with Gasteiger partial charge in [0, 0.05) is 50.6 Å². The van der Waals surface area contributed by atoms with Crippen molar-refractivity contribution < 1.29 is 26.3 Å². The van der Waals surface area contributed by atoms with Crippen LogP contribution in [0.1, 0.15) is 29.2 Å². The summed E-state index contributed by atoms with van der Waals surface area (Å²) < 4.78 is 80.9. The summed E-state index contributed by atoms with van der Waals surface area (Å²) in [6.07, 6.45) is -5.80. The van der Waals surface area contributed by atoms with Gasteiger partial charge in [0.05, 0.1) is 11.1 Å². The monoisotopic (exact) mass is 469 g/mol. The molecule has 0 amide bonds. The molecule has 9 heteroatoms. The van der Waals surface area contributed by atoms with E-state index in [2.05, 4.69) is 10.2 Å². The molecule has 2 aromatic rings. The summed E-state index contributed by atoms with van der Waals surface area (Å²) in [6, 6.07) is 6.82. The quantitative estimate of drug-likeness (QED) is 0.564. The van der Waals surface area contributed by atoms with E-state index in [1.165, 1.54) is 12.1 Å². The standard InChI is InChI=1S/C24H25F6N3/c1-16(14-32-10-8-31-9-11-32)15-33-21-12-19(23(25,26)27)6-4-17(21)2-3-18-5-7-20(13-22(18)33)24(28,29)30/h2-7,12-13,16,31H,8-11,14-15H2,1H3. The van der Waals surface area contributed by atoms with Crippen LogP contribution in [-0.2, 0) is 12.4 Å². The maximum absolute atomic E-state index is 13.5. The molecule has 0 aliphatic carbocycles. The van der Waals surface area contributed by atoms with Crippen molar-refractivity contribution >= 4 is 23.5 Å². The number of hydrogen-bond acceptors (Lipinski definition) is 3. The minimum absolute atomic E-state index is 0.00554. The molecule has 1 saturated heterocycles. The molecule has 0 aromatic heterocycles. The van der Waals surface area contributed by atoms with Gasteiger partial charge in [-0.2, -0.15) is 26.3 Å². The number of alkyl halides is 6. The Labute approximate surface area is 188 Å². The lowest BCUT2D eigenvalue weighted by molar-refractivity contribution is -0.138. The van der Waals surface area contributed by atoms with Crippen LogP contribution in [0.5, 0.6) is 0 Å². The summed E-state index contributed by atoms with van der Waals surface area (Å²) in [5.41, 5.74) is -0.0865. The number of hydrogen-bond donors (Lipinski definition) is 1. The lowest BCUT2D eigenvalue weighted by atomic mass is 10.0. The molecule has 2 aromatic carbocycles. The first-order valence-corrected chi connectivity index (χ1v) is 10.8. The van der Waals surface area contributed by atoms with Gasteiger partial charge in [0.25, 0.3) is 0 Å². The smallest absolute Gasteiger partial charge is 0.340 e. The van der Waals surface area contributed by atoms with Crippen molar-refractivity contribution in [3.8, 4) is 0 Å². The molecule has 2 aliphatic heterocycles. The number of nitrogens with one attached hydrogen (secondary N) is 1. The first kappa shape index (κ1) is 23.6. The maximum Gasteiger partial charge on any atom is 0.416 e. The van der Waals surface area contributed by atoms with Crippen LogP contribution in [0.4, 0.5) is 37.7 Å². The molecule has 2 heterocycles. The Morgan fingerprint density at radius 1 is 0.788 bits per heavy atom. The van der Waals surface area contributed by atoms with Crippen LogP contribution in [0, 0.1) is 5.92 Å². The topological polar surface area (TPSA) is 18.5 Å². The molecule has 1 unspecified atom stereocenters. The predicted octanol–water partition coefficient (Wildman–Crippen LogP) is 5.89. The minimum atomic E-state index is -4.56. The van der Waals surface area contributed by atoms with E-state index in [0.717, 1.165) is 50.4 Å². The van der Waals surface area contributed by atoms with Crippen molar-refractivity contribution in [1.29, 1.82) is 0 Å². The lowest BCUT2D eigenvalue weighted by Crippen LogP contribution is -2.46. The number of benzene rings is 2. The second-order valence-electron chi connectivity index (χ2n) is 8.64. The summed E-state index contributed by atoms with van der Waals surface area (Å²) in [5.74, 6) is 0.00554. The first-order chi connectivity index (χ1) is 15.5. The molecule has 2 aliphatic rings. The highest BCUT2D eigenvalue weighted by Gasteiger charge is 2.34. The zero-order valence-electron chi connectivity index (χ0n) is 18.1. The molecule has 4 rings (SSSR count). The summed E-state index contributed by atoms with van der Waals surface area (Å²) in [4.78, 5) is 3.87. The fourth-order valence-electron chi connectivity index (χ4n) is 4.40. The van der Waals surface area contributed by atoms with Gasteiger partial charge in [-0.1, -0.05) is 31.2 Å². The number of fused-ring (bicyclic) bond motifs is 2. The van der Waals surface area contributed by atoms with E-state index in [1.54, 1.807) is 17.1 Å². The van der Waals surface area contributed by atoms with Gasteiger partial charge in [-0.15, -0.1) is 0 Å². The highest BCUT2D eigenvalue weighted by Crippen LogP contribution is 2.42. The Kier molecular flexibility index (Phi) is 6.46. The average Bonchev–Trinajstić information content (AvgIpc) is 2.89. The number of halogens is 6. The molecule has 1 fully saturated rings. The van der Waals surface area contributed by atoms with Crippen LogP contribution < -0.4 is 10.2 Å². The van der Waals surface area contributed by atoms with Crippen molar-refractivity contribution in [2.24, 2.45) is 5.92 Å². The highest BCUT2D eigenvalue weighted by atomic mass is 19.4. The Morgan fingerprint density at radius 3 is 1.73 bits per heavy atom. The van der Waals surface area contributed by atoms with Crippen LogP contribution in [0.3, 0.4) is 0 Å². The van der Waals surface area contributed by atoms with Crippen LogP contribution >= 0.6 is 0 Å². The SMILES string of the molecule is CC(CN1CCNCC1)CN1c2cc(C(F)(F)F)ccc2C=Cc2ccc(C(F)(F)F)cc21. The largest absolute Gasteiger partial charge is 0.416 e. The molecular formula is C24H25F6N3. The first-order valence-electron chi connectivity index (χ1n) is 10.8. The lowest BCUT2D eigenvalue weighted by Gasteiger charge is -2.34. The van der Waals surface area contributed by atoms with E-state index in [9.17, 15) is 26.3 Å². The van der Waals surface area contributed by atoms with E-state index >= 15 is 0 Å².